The van der Waals surface area contributed by atoms with Crippen molar-refractivity contribution in [2.45, 2.75) is 50.6 Å². The third kappa shape index (κ3) is 2.19. The van der Waals surface area contributed by atoms with E-state index in [0.717, 1.165) is 25.7 Å². The summed E-state index contributed by atoms with van der Waals surface area (Å²) in [6.07, 6.45) is 7.51. The van der Waals surface area contributed by atoms with Gasteiger partial charge >= 0.3 is 5.97 Å². The molecule has 3 fully saturated rings. The first-order chi connectivity index (χ1) is 10.6. The fourth-order valence-electron chi connectivity index (χ4n) is 4.21. The van der Waals surface area contributed by atoms with E-state index in [4.69, 9.17) is 5.11 Å². The molecule has 7 nitrogen and oxygen atoms in total. The molecule has 0 unspecified atom stereocenters. The highest BCUT2D eigenvalue weighted by molar-refractivity contribution is 5.92. The molecule has 0 saturated heterocycles. The first kappa shape index (κ1) is 13.7. The minimum absolute atomic E-state index is 0.0851. The summed E-state index contributed by atoms with van der Waals surface area (Å²) in [5.74, 6) is -0.608. The number of carbonyl (C=O) groups excluding carboxylic acids is 1. The van der Waals surface area contributed by atoms with Crippen LogP contribution in [0.3, 0.4) is 0 Å². The number of carboxylic acids is 1. The first-order valence-electron chi connectivity index (χ1n) is 8.07. The normalized spacial score (nSPS) is 33.6. The van der Waals surface area contributed by atoms with Crippen molar-refractivity contribution in [3.8, 4) is 0 Å². The van der Waals surface area contributed by atoms with Crippen molar-refractivity contribution in [3.63, 3.8) is 0 Å². The molecule has 1 amide bonds. The molecular formula is C15H20N4O3. The fraction of sp³-hybridized carbons (Fsp3) is 0.733. The summed E-state index contributed by atoms with van der Waals surface area (Å²) in [5.41, 5.74) is 0.365. The molecule has 118 valence electrons. The second-order valence-electron chi connectivity index (χ2n) is 6.92. The zero-order valence-electron chi connectivity index (χ0n) is 12.3. The van der Waals surface area contributed by atoms with Crippen LogP contribution < -0.4 is 5.32 Å². The van der Waals surface area contributed by atoms with Crippen molar-refractivity contribution in [2.75, 3.05) is 0 Å². The van der Waals surface area contributed by atoms with Crippen molar-refractivity contribution in [1.29, 1.82) is 0 Å². The number of aliphatic carboxylic acids is 1. The number of amides is 1. The average Bonchev–Trinajstić information content (AvgIpc) is 3.10. The monoisotopic (exact) mass is 304 g/mol. The van der Waals surface area contributed by atoms with Gasteiger partial charge in [0.1, 0.15) is 0 Å². The van der Waals surface area contributed by atoms with E-state index in [1.165, 1.54) is 6.42 Å². The Morgan fingerprint density at radius 1 is 1.23 bits per heavy atom. The van der Waals surface area contributed by atoms with Crippen molar-refractivity contribution in [1.82, 2.24) is 20.3 Å². The summed E-state index contributed by atoms with van der Waals surface area (Å²) >= 11 is 0. The van der Waals surface area contributed by atoms with Gasteiger partial charge < -0.3 is 10.4 Å². The number of nitrogens with one attached hydrogen (secondary N) is 1. The van der Waals surface area contributed by atoms with Gasteiger partial charge in [-0.15, -0.1) is 5.10 Å². The van der Waals surface area contributed by atoms with Crippen LogP contribution in [0.2, 0.25) is 0 Å². The number of nitrogens with zero attached hydrogens (tertiary/aromatic N) is 3. The third-order valence-electron chi connectivity index (χ3n) is 5.68. The molecule has 3 aliphatic rings. The predicted molar refractivity (Wildman–Crippen MR) is 76.1 cm³/mol. The van der Waals surface area contributed by atoms with Crippen LogP contribution in [-0.4, -0.2) is 38.0 Å². The molecule has 3 aliphatic carbocycles. The molecule has 0 radical (unpaired) electrons. The smallest absolute Gasteiger partial charge is 0.306 e. The van der Waals surface area contributed by atoms with Gasteiger partial charge in [-0.05, 0) is 50.4 Å². The molecule has 4 rings (SSSR count). The van der Waals surface area contributed by atoms with Gasteiger partial charge in [0.15, 0.2) is 5.69 Å². The lowest BCUT2D eigenvalue weighted by Gasteiger charge is -2.26. The van der Waals surface area contributed by atoms with E-state index in [2.05, 4.69) is 15.6 Å². The molecule has 4 atom stereocenters. The Morgan fingerprint density at radius 3 is 2.64 bits per heavy atom. The topological polar surface area (TPSA) is 97.1 Å². The molecule has 0 aliphatic heterocycles. The third-order valence-corrected chi connectivity index (χ3v) is 5.68. The van der Waals surface area contributed by atoms with Gasteiger partial charge in [-0.2, -0.15) is 0 Å². The maximum atomic E-state index is 12.3. The minimum atomic E-state index is -0.694. The van der Waals surface area contributed by atoms with E-state index in [9.17, 15) is 9.59 Å². The van der Waals surface area contributed by atoms with Crippen LogP contribution in [0.25, 0.3) is 0 Å². The highest BCUT2D eigenvalue weighted by Gasteiger charge is 2.49. The summed E-state index contributed by atoms with van der Waals surface area (Å²) in [6.45, 7) is 0. The van der Waals surface area contributed by atoms with Crippen LogP contribution in [-0.2, 0) is 4.79 Å². The maximum absolute atomic E-state index is 12.3. The Kier molecular flexibility index (Phi) is 3.16. The average molecular weight is 304 g/mol. The van der Waals surface area contributed by atoms with E-state index in [1.54, 1.807) is 10.9 Å². The molecule has 0 spiro atoms. The van der Waals surface area contributed by atoms with Gasteiger partial charge in [-0.25, -0.2) is 4.68 Å². The Labute approximate surface area is 128 Å². The van der Waals surface area contributed by atoms with Crippen LogP contribution in [0.5, 0.6) is 0 Å². The van der Waals surface area contributed by atoms with Gasteiger partial charge in [0.25, 0.3) is 5.91 Å². The molecule has 3 saturated carbocycles. The summed E-state index contributed by atoms with van der Waals surface area (Å²) in [6, 6.07) is 0.481. The molecule has 1 aromatic rings. The Bertz CT molecular complexity index is 610. The van der Waals surface area contributed by atoms with E-state index >= 15 is 0 Å². The molecule has 1 heterocycles. The Hall–Kier alpha value is -1.92. The van der Waals surface area contributed by atoms with Crippen molar-refractivity contribution < 1.29 is 14.7 Å². The first-order valence-corrected chi connectivity index (χ1v) is 8.07. The standard InChI is InChI=1S/C15H20N4O3/c20-14(13-7-19(18-17-13)10-2-1-3-10)16-12-6-8-4-9(12)5-11(8)15(21)22/h7-12H,1-6H2,(H,16,20)(H,21,22)/t8-,9-,11-,12-/m1/s1. The molecular weight excluding hydrogens is 284 g/mol. The Balaban J connectivity index is 1.37. The number of aromatic nitrogens is 3. The second kappa shape index (κ2) is 5.07. The number of hydrogen-bond donors (Lipinski definition) is 2. The number of carboxylic acid groups (broad SMARTS) is 1. The van der Waals surface area contributed by atoms with Gasteiger partial charge in [0.05, 0.1) is 18.2 Å². The van der Waals surface area contributed by atoms with E-state index in [0.29, 0.717) is 18.2 Å². The van der Waals surface area contributed by atoms with Gasteiger partial charge in [-0.1, -0.05) is 5.21 Å². The van der Waals surface area contributed by atoms with E-state index in [-0.39, 0.29) is 29.7 Å². The van der Waals surface area contributed by atoms with Crippen LogP contribution in [0.15, 0.2) is 6.20 Å². The van der Waals surface area contributed by atoms with Crippen LogP contribution in [0.4, 0.5) is 0 Å². The zero-order chi connectivity index (χ0) is 15.3. The number of carbonyl (C=O) groups is 2. The lowest BCUT2D eigenvalue weighted by molar-refractivity contribution is -0.143. The number of hydrogen-bond acceptors (Lipinski definition) is 4. The van der Waals surface area contributed by atoms with Gasteiger partial charge in [0.2, 0.25) is 0 Å². The molecule has 22 heavy (non-hydrogen) atoms. The zero-order valence-corrected chi connectivity index (χ0v) is 12.3. The highest BCUT2D eigenvalue weighted by atomic mass is 16.4. The minimum Gasteiger partial charge on any atom is -0.481 e. The number of rotatable bonds is 4. The molecule has 0 aromatic carbocycles. The predicted octanol–water partition coefficient (Wildman–Crippen LogP) is 1.23. The maximum Gasteiger partial charge on any atom is 0.306 e. The highest BCUT2D eigenvalue weighted by Crippen LogP contribution is 2.48. The van der Waals surface area contributed by atoms with Crippen molar-refractivity contribution in [2.24, 2.45) is 17.8 Å². The lowest BCUT2D eigenvalue weighted by Crippen LogP contribution is -2.41. The van der Waals surface area contributed by atoms with Crippen molar-refractivity contribution in [3.05, 3.63) is 11.9 Å². The largest absolute Gasteiger partial charge is 0.481 e. The molecule has 2 bridgehead atoms. The Morgan fingerprint density at radius 2 is 2.05 bits per heavy atom. The summed E-state index contributed by atoms with van der Waals surface area (Å²) < 4.78 is 1.79. The van der Waals surface area contributed by atoms with E-state index < -0.39 is 5.97 Å². The second-order valence-corrected chi connectivity index (χ2v) is 6.92. The van der Waals surface area contributed by atoms with Crippen LogP contribution in [0, 0.1) is 17.8 Å². The SMILES string of the molecule is O=C(N[C@@H]1C[C@H]2C[C@@H]1C[C@H]2C(=O)O)c1cn(C2CCC2)nn1. The molecule has 2 N–H and O–H groups in total. The van der Waals surface area contributed by atoms with Gasteiger partial charge in [0, 0.05) is 6.04 Å². The van der Waals surface area contributed by atoms with Gasteiger partial charge in [-0.3, -0.25) is 9.59 Å². The summed E-state index contributed by atoms with van der Waals surface area (Å²) in [7, 11) is 0. The van der Waals surface area contributed by atoms with E-state index in [1.807, 2.05) is 0 Å². The van der Waals surface area contributed by atoms with Crippen LogP contribution >= 0.6 is 0 Å². The lowest BCUT2D eigenvalue weighted by atomic mass is 9.86. The fourth-order valence-corrected chi connectivity index (χ4v) is 4.21. The summed E-state index contributed by atoms with van der Waals surface area (Å²) in [4.78, 5) is 23.4. The van der Waals surface area contributed by atoms with Crippen molar-refractivity contribution >= 4 is 11.9 Å². The summed E-state index contributed by atoms with van der Waals surface area (Å²) in [5, 5.41) is 20.2. The molecule has 7 heteroatoms. The molecule has 1 aromatic heterocycles. The quantitative estimate of drug-likeness (QED) is 0.872. The van der Waals surface area contributed by atoms with Crippen LogP contribution in [0.1, 0.15) is 55.1 Å². The number of fused-ring (bicyclic) bond motifs is 2.